The van der Waals surface area contributed by atoms with Crippen LogP contribution >= 0.6 is 0 Å². The molecule has 3 aromatic carbocycles. The first-order valence-electron chi connectivity index (χ1n) is 11.0. The second-order valence-corrected chi connectivity index (χ2v) is 10.1. The molecule has 1 heterocycles. The Bertz CT molecular complexity index is 1290. The van der Waals surface area contributed by atoms with Crippen molar-refractivity contribution in [1.29, 1.82) is 0 Å². The molecule has 0 spiro atoms. The van der Waals surface area contributed by atoms with Crippen LogP contribution in [0.15, 0.2) is 71.6 Å². The van der Waals surface area contributed by atoms with Crippen LogP contribution in [0.25, 0.3) is 0 Å². The van der Waals surface area contributed by atoms with Crippen LogP contribution in [0.2, 0.25) is 0 Å². The third kappa shape index (κ3) is 6.66. The van der Waals surface area contributed by atoms with Crippen LogP contribution in [0.4, 0.5) is 0 Å². The number of carbonyl (C=O) groups excluding carboxylic acids is 1. The van der Waals surface area contributed by atoms with E-state index in [1.54, 1.807) is 37.4 Å². The third-order valence-electron chi connectivity index (χ3n) is 5.78. The van der Waals surface area contributed by atoms with Crippen molar-refractivity contribution < 1.29 is 27.4 Å². The molecule has 0 bridgehead atoms. The van der Waals surface area contributed by atoms with Crippen LogP contribution in [-0.2, 0) is 21.2 Å². The minimum absolute atomic E-state index is 0. The number of rotatable bonds is 8. The summed E-state index contributed by atoms with van der Waals surface area (Å²) in [6, 6.07) is 19.1. The van der Waals surface area contributed by atoms with Crippen LogP contribution in [0, 0.1) is 0 Å². The predicted molar refractivity (Wildman–Crippen MR) is 135 cm³/mol. The number of sulfonamides is 1. The summed E-state index contributed by atoms with van der Waals surface area (Å²) in [5.74, 6) is 0.612. The van der Waals surface area contributed by atoms with Crippen molar-refractivity contribution >= 4 is 67.3 Å². The fourth-order valence-corrected chi connectivity index (χ4v) is 4.84. The average molecular weight is 522 g/mol. The van der Waals surface area contributed by atoms with Gasteiger partial charge in [-0.2, -0.15) is 0 Å². The van der Waals surface area contributed by atoms with Crippen LogP contribution in [0.3, 0.4) is 0 Å². The third-order valence-corrected chi connectivity index (χ3v) is 7.14. The van der Waals surface area contributed by atoms with Crippen molar-refractivity contribution in [3.05, 3.63) is 83.4 Å². The second-order valence-electron chi connectivity index (χ2n) is 8.41. The number of amides is 1. The number of nitrogens with one attached hydrogen (secondary N) is 1. The molecule has 9 heteroatoms. The molecule has 0 saturated heterocycles. The van der Waals surface area contributed by atoms with E-state index in [0.29, 0.717) is 22.8 Å². The molecule has 0 radical (unpaired) electrons. The van der Waals surface area contributed by atoms with Crippen molar-refractivity contribution in [3.8, 4) is 17.2 Å². The maximum atomic E-state index is 13.4. The van der Waals surface area contributed by atoms with Crippen LogP contribution in [0.5, 0.6) is 17.2 Å². The Kier molecular flexibility index (Phi) is 9.42. The van der Waals surface area contributed by atoms with Crippen molar-refractivity contribution in [1.82, 2.24) is 4.72 Å². The first kappa shape index (κ1) is 27.7. The van der Waals surface area contributed by atoms with Gasteiger partial charge in [0.2, 0.25) is 12.7 Å². The molecular formula is C26H28KNO6S. The second kappa shape index (κ2) is 11.9. The van der Waals surface area contributed by atoms with E-state index in [1.807, 2.05) is 38.1 Å². The molecule has 180 valence electrons. The van der Waals surface area contributed by atoms with Gasteiger partial charge in [-0.25, -0.2) is 13.1 Å². The number of hydrogen-bond acceptors (Lipinski definition) is 6. The van der Waals surface area contributed by atoms with Gasteiger partial charge >= 0.3 is 51.4 Å². The molecule has 1 unspecified atom stereocenters. The molecule has 35 heavy (non-hydrogen) atoms. The Labute approximate surface area is 248 Å². The summed E-state index contributed by atoms with van der Waals surface area (Å²) >= 11 is 0. The number of methoxy groups -OCH3 is 1. The van der Waals surface area contributed by atoms with Gasteiger partial charge in [0.25, 0.3) is 10.0 Å². The Morgan fingerprint density at radius 1 is 0.971 bits per heavy atom. The fourth-order valence-electron chi connectivity index (χ4n) is 3.82. The minimum atomic E-state index is -4.05. The van der Waals surface area contributed by atoms with Gasteiger partial charge in [0.05, 0.1) is 17.9 Å². The Morgan fingerprint density at radius 2 is 1.66 bits per heavy atom. The number of ether oxygens (including phenoxy) is 3. The van der Waals surface area contributed by atoms with Gasteiger partial charge in [-0.05, 0) is 65.4 Å². The molecule has 0 aliphatic carbocycles. The van der Waals surface area contributed by atoms with Crippen molar-refractivity contribution in [2.45, 2.75) is 37.0 Å². The molecule has 4 rings (SSSR count). The van der Waals surface area contributed by atoms with E-state index in [4.69, 9.17) is 14.2 Å². The Morgan fingerprint density at radius 3 is 2.34 bits per heavy atom. The molecule has 7 nitrogen and oxygen atoms in total. The van der Waals surface area contributed by atoms with Crippen LogP contribution < -0.4 is 18.9 Å². The van der Waals surface area contributed by atoms with Gasteiger partial charge in [0.15, 0.2) is 11.5 Å². The molecule has 1 aliphatic rings. The molecule has 0 fully saturated rings. The fraction of sp³-hybridized carbons (Fsp3) is 0.269. The van der Waals surface area contributed by atoms with Gasteiger partial charge in [0.1, 0.15) is 5.75 Å². The molecule has 0 aromatic heterocycles. The van der Waals surface area contributed by atoms with E-state index >= 15 is 0 Å². The molecule has 1 N–H and O–H groups in total. The van der Waals surface area contributed by atoms with Gasteiger partial charge in [-0.1, -0.05) is 44.2 Å². The number of hydrogen-bond donors (Lipinski definition) is 1. The summed E-state index contributed by atoms with van der Waals surface area (Å²) in [4.78, 5) is 13.4. The van der Waals surface area contributed by atoms with E-state index in [-0.39, 0.29) is 75.4 Å². The summed E-state index contributed by atoms with van der Waals surface area (Å²) in [5, 5.41) is 0. The van der Waals surface area contributed by atoms with Gasteiger partial charge in [-0.15, -0.1) is 0 Å². The predicted octanol–water partition coefficient (Wildman–Crippen LogP) is 3.73. The van der Waals surface area contributed by atoms with E-state index in [2.05, 4.69) is 4.72 Å². The summed E-state index contributed by atoms with van der Waals surface area (Å²) in [7, 11) is -2.48. The summed E-state index contributed by atoms with van der Waals surface area (Å²) < 4.78 is 44.4. The molecule has 0 saturated carbocycles. The number of benzene rings is 3. The zero-order valence-corrected chi connectivity index (χ0v) is 20.1. The van der Waals surface area contributed by atoms with E-state index in [1.165, 1.54) is 12.1 Å². The summed E-state index contributed by atoms with van der Waals surface area (Å²) in [5.41, 5.74) is 2.47. The molecule has 3 aromatic rings. The Hall–Kier alpha value is -1.88. The van der Waals surface area contributed by atoms with Crippen molar-refractivity contribution in [3.63, 3.8) is 0 Å². The molecule has 1 amide bonds. The normalized spacial score (nSPS) is 13.1. The first-order chi connectivity index (χ1) is 16.3. The Balaban J connectivity index is 0.00000342. The van der Waals surface area contributed by atoms with Crippen LogP contribution in [-0.4, -0.2) is 79.6 Å². The van der Waals surface area contributed by atoms with E-state index in [0.717, 1.165) is 11.1 Å². The molecular weight excluding hydrogens is 493 g/mol. The first-order valence-corrected chi connectivity index (χ1v) is 12.4. The monoisotopic (exact) mass is 521 g/mol. The maximum absolute atomic E-state index is 13.4. The quantitative estimate of drug-likeness (QED) is 0.454. The van der Waals surface area contributed by atoms with E-state index < -0.39 is 21.8 Å². The van der Waals surface area contributed by atoms with Crippen molar-refractivity contribution in [2.24, 2.45) is 0 Å². The number of fused-ring (bicyclic) bond motifs is 1. The van der Waals surface area contributed by atoms with Gasteiger partial charge in [0, 0.05) is 0 Å². The molecule has 1 atom stereocenters. The summed E-state index contributed by atoms with van der Waals surface area (Å²) in [6.07, 6.45) is 0.268. The zero-order valence-electron chi connectivity index (χ0n) is 19.3. The van der Waals surface area contributed by atoms with Crippen molar-refractivity contribution in [2.75, 3.05) is 13.9 Å². The van der Waals surface area contributed by atoms with E-state index in [9.17, 15) is 13.2 Å². The summed E-state index contributed by atoms with van der Waals surface area (Å²) in [6.45, 7) is 4.16. The van der Waals surface area contributed by atoms with Gasteiger partial charge in [-0.3, -0.25) is 4.79 Å². The van der Waals surface area contributed by atoms with Gasteiger partial charge < -0.3 is 14.2 Å². The topological polar surface area (TPSA) is 90.9 Å². The van der Waals surface area contributed by atoms with Crippen LogP contribution in [0.1, 0.15) is 42.4 Å². The number of carbonyl (C=O) groups is 1. The average Bonchev–Trinajstić information content (AvgIpc) is 3.30. The zero-order chi connectivity index (χ0) is 24.3. The standard InChI is InChI=1S/C26H27NO6S.K.H/c1-17(2)19-7-10-22(11-8-19)34(29,30)27-26(28)23(14-18-5-4-6-21(13-18)31-3)20-9-12-24-25(15-20)33-16-32-24;;/h4-13,15,17,23H,14,16H2,1-3H3,(H,27,28);;. The molecule has 1 aliphatic heterocycles. The SMILES string of the molecule is COc1cccc(CC(C(=O)NS(=O)(=O)c2ccc(C(C)C)cc2)c2ccc3c(c2)OCO3)c1.[KH].